The van der Waals surface area contributed by atoms with Gasteiger partial charge in [0.2, 0.25) is 5.91 Å². The van der Waals surface area contributed by atoms with Gasteiger partial charge in [0.15, 0.2) is 11.0 Å². The second kappa shape index (κ2) is 10.3. The van der Waals surface area contributed by atoms with Gasteiger partial charge in [0, 0.05) is 37.4 Å². The number of carbonyl (C=O) groups excluding carboxylic acids is 1. The molecule has 0 bridgehead atoms. The van der Waals surface area contributed by atoms with Gasteiger partial charge in [-0.2, -0.15) is 0 Å². The molecule has 2 aromatic rings. The van der Waals surface area contributed by atoms with Crippen molar-refractivity contribution < 1.29 is 4.79 Å². The minimum Gasteiger partial charge on any atom is -0.372 e. The Morgan fingerprint density at radius 1 is 1.20 bits per heavy atom. The Morgan fingerprint density at radius 2 is 1.87 bits per heavy atom. The number of aromatic nitrogens is 3. The first-order valence-corrected chi connectivity index (χ1v) is 12.0. The molecule has 1 saturated carbocycles. The lowest BCUT2D eigenvalue weighted by Gasteiger charge is -2.30. The van der Waals surface area contributed by atoms with Crippen molar-refractivity contribution in [1.82, 2.24) is 20.1 Å². The predicted octanol–water partition coefficient (Wildman–Crippen LogP) is 4.50. The fraction of sp³-hybridized carbons (Fsp3) is 0.609. The van der Waals surface area contributed by atoms with Crippen molar-refractivity contribution in [2.75, 3.05) is 18.0 Å². The van der Waals surface area contributed by atoms with E-state index in [0.29, 0.717) is 12.0 Å². The summed E-state index contributed by atoms with van der Waals surface area (Å²) in [5, 5.41) is 12.5. The zero-order valence-electron chi connectivity index (χ0n) is 18.9. The Kier molecular flexibility index (Phi) is 7.81. The normalized spacial score (nSPS) is 20.0. The van der Waals surface area contributed by atoms with Crippen LogP contribution in [0.5, 0.6) is 0 Å². The van der Waals surface area contributed by atoms with Crippen LogP contribution in [-0.4, -0.2) is 45.1 Å². The number of hydrogen-bond acceptors (Lipinski definition) is 5. The molecule has 0 aliphatic heterocycles. The molecule has 7 heteroatoms. The number of nitrogens with one attached hydrogen (secondary N) is 1. The molecule has 1 aromatic heterocycles. The smallest absolute Gasteiger partial charge is 0.233 e. The van der Waals surface area contributed by atoms with E-state index in [0.717, 1.165) is 36.1 Å². The zero-order chi connectivity index (χ0) is 21.7. The van der Waals surface area contributed by atoms with Gasteiger partial charge in [-0.25, -0.2) is 0 Å². The summed E-state index contributed by atoms with van der Waals surface area (Å²) in [5.74, 6) is 1.46. The predicted molar refractivity (Wildman–Crippen MR) is 125 cm³/mol. The average Bonchev–Trinajstić information content (AvgIpc) is 3.11. The Morgan fingerprint density at radius 3 is 2.50 bits per heavy atom. The quantitative estimate of drug-likeness (QED) is 0.626. The lowest BCUT2D eigenvalue weighted by molar-refractivity contribution is -0.121. The molecular formula is C23H35N5OS. The van der Waals surface area contributed by atoms with Crippen molar-refractivity contribution in [3.63, 3.8) is 0 Å². The van der Waals surface area contributed by atoms with E-state index in [1.807, 2.05) is 18.5 Å². The van der Waals surface area contributed by atoms with Crippen molar-refractivity contribution >= 4 is 23.4 Å². The highest BCUT2D eigenvalue weighted by Gasteiger charge is 2.26. The summed E-state index contributed by atoms with van der Waals surface area (Å²) in [6.07, 6.45) is 4.76. The first kappa shape index (κ1) is 22.7. The van der Waals surface area contributed by atoms with E-state index in [2.05, 4.69) is 65.5 Å². The molecule has 30 heavy (non-hydrogen) atoms. The van der Waals surface area contributed by atoms with Crippen molar-refractivity contribution in [1.29, 1.82) is 0 Å². The summed E-state index contributed by atoms with van der Waals surface area (Å²) in [6.45, 7) is 10.5. The third-order valence-electron chi connectivity index (χ3n) is 6.18. The van der Waals surface area contributed by atoms with Crippen LogP contribution in [0.1, 0.15) is 53.4 Å². The molecule has 3 atom stereocenters. The summed E-state index contributed by atoms with van der Waals surface area (Å²) in [7, 11) is 1.96. The van der Waals surface area contributed by atoms with E-state index in [1.165, 1.54) is 36.7 Å². The molecule has 164 valence electrons. The van der Waals surface area contributed by atoms with Gasteiger partial charge in [0.1, 0.15) is 0 Å². The SMILES string of the molecule is CCN(CC)c1ccc(-c2nnc(SC(C)C(=O)NC3CCCCC3C)n2C)cc1. The Bertz CT molecular complexity index is 831. The molecule has 3 rings (SSSR count). The highest BCUT2D eigenvalue weighted by atomic mass is 32.2. The summed E-state index contributed by atoms with van der Waals surface area (Å²) in [6, 6.07) is 8.74. The first-order valence-electron chi connectivity index (χ1n) is 11.2. The molecule has 1 heterocycles. The zero-order valence-corrected chi connectivity index (χ0v) is 19.7. The Labute approximate surface area is 184 Å². The number of anilines is 1. The summed E-state index contributed by atoms with van der Waals surface area (Å²) in [5.41, 5.74) is 2.24. The maximum absolute atomic E-state index is 12.7. The van der Waals surface area contributed by atoms with Crippen LogP contribution in [0.15, 0.2) is 29.4 Å². The van der Waals surface area contributed by atoms with Gasteiger partial charge in [0.05, 0.1) is 5.25 Å². The number of benzene rings is 1. The Balaban J connectivity index is 1.65. The molecule has 1 aliphatic rings. The molecule has 1 fully saturated rings. The van der Waals surface area contributed by atoms with Crippen molar-refractivity contribution in [3.05, 3.63) is 24.3 Å². The third-order valence-corrected chi connectivity index (χ3v) is 7.31. The van der Waals surface area contributed by atoms with Gasteiger partial charge in [-0.15, -0.1) is 10.2 Å². The number of carbonyl (C=O) groups is 1. The van der Waals surface area contributed by atoms with Crippen LogP contribution in [0.3, 0.4) is 0 Å². The van der Waals surface area contributed by atoms with Gasteiger partial charge in [0.25, 0.3) is 0 Å². The largest absolute Gasteiger partial charge is 0.372 e. The van der Waals surface area contributed by atoms with E-state index >= 15 is 0 Å². The van der Waals surface area contributed by atoms with Gasteiger partial charge in [-0.05, 0) is 63.8 Å². The first-order chi connectivity index (χ1) is 14.4. The molecule has 1 aromatic carbocycles. The molecular weight excluding hydrogens is 394 g/mol. The third kappa shape index (κ3) is 5.17. The second-order valence-corrected chi connectivity index (χ2v) is 9.53. The van der Waals surface area contributed by atoms with Crippen LogP contribution in [0.4, 0.5) is 5.69 Å². The van der Waals surface area contributed by atoms with E-state index in [-0.39, 0.29) is 11.2 Å². The number of hydrogen-bond donors (Lipinski definition) is 1. The lowest BCUT2D eigenvalue weighted by Crippen LogP contribution is -2.44. The van der Waals surface area contributed by atoms with E-state index in [1.54, 1.807) is 0 Å². The standard InChI is InChI=1S/C23H35N5OS/c1-6-28(7-2)19-14-12-18(13-15-19)21-25-26-23(27(21)5)30-17(4)22(29)24-20-11-9-8-10-16(20)3/h12-17,20H,6-11H2,1-5H3,(H,24,29). The monoisotopic (exact) mass is 429 g/mol. The number of amides is 1. The van der Waals surface area contributed by atoms with Crippen molar-refractivity contribution in [2.24, 2.45) is 13.0 Å². The van der Waals surface area contributed by atoms with Crippen molar-refractivity contribution in [3.8, 4) is 11.4 Å². The molecule has 1 aliphatic carbocycles. The van der Waals surface area contributed by atoms with Gasteiger partial charge >= 0.3 is 0 Å². The van der Waals surface area contributed by atoms with Gasteiger partial charge in [-0.3, -0.25) is 4.79 Å². The molecule has 0 saturated heterocycles. The van der Waals surface area contributed by atoms with Crippen LogP contribution in [-0.2, 0) is 11.8 Å². The molecule has 0 radical (unpaired) electrons. The maximum atomic E-state index is 12.7. The molecule has 1 amide bonds. The minimum atomic E-state index is -0.208. The highest BCUT2D eigenvalue weighted by molar-refractivity contribution is 8.00. The van der Waals surface area contributed by atoms with Crippen LogP contribution < -0.4 is 10.2 Å². The van der Waals surface area contributed by atoms with E-state index in [9.17, 15) is 4.79 Å². The van der Waals surface area contributed by atoms with Crippen LogP contribution in [0.2, 0.25) is 0 Å². The number of nitrogens with zero attached hydrogens (tertiary/aromatic N) is 4. The van der Waals surface area contributed by atoms with Crippen LogP contribution in [0, 0.1) is 5.92 Å². The highest BCUT2D eigenvalue weighted by Crippen LogP contribution is 2.28. The average molecular weight is 430 g/mol. The van der Waals surface area contributed by atoms with E-state index in [4.69, 9.17) is 0 Å². The van der Waals surface area contributed by atoms with Gasteiger partial charge in [-0.1, -0.05) is 31.5 Å². The van der Waals surface area contributed by atoms with Crippen LogP contribution >= 0.6 is 11.8 Å². The minimum absolute atomic E-state index is 0.0897. The molecule has 6 nitrogen and oxygen atoms in total. The number of thioether (sulfide) groups is 1. The summed E-state index contributed by atoms with van der Waals surface area (Å²) in [4.78, 5) is 15.0. The maximum Gasteiger partial charge on any atom is 0.233 e. The summed E-state index contributed by atoms with van der Waals surface area (Å²) >= 11 is 1.47. The van der Waals surface area contributed by atoms with E-state index < -0.39 is 0 Å². The van der Waals surface area contributed by atoms with Crippen molar-refractivity contribution in [2.45, 2.75) is 69.8 Å². The fourth-order valence-electron chi connectivity index (χ4n) is 4.12. The molecule has 0 spiro atoms. The number of rotatable bonds is 8. The summed E-state index contributed by atoms with van der Waals surface area (Å²) < 4.78 is 1.98. The second-order valence-electron chi connectivity index (χ2n) is 8.22. The molecule has 3 unspecified atom stereocenters. The fourth-order valence-corrected chi connectivity index (χ4v) is 4.95. The molecule has 1 N–H and O–H groups in total. The topological polar surface area (TPSA) is 63.1 Å². The van der Waals surface area contributed by atoms with Gasteiger partial charge < -0.3 is 14.8 Å². The van der Waals surface area contributed by atoms with Crippen LogP contribution in [0.25, 0.3) is 11.4 Å². The Hall–Kier alpha value is -2.02. The lowest BCUT2D eigenvalue weighted by atomic mass is 9.86.